The Hall–Kier alpha value is -3.32. The number of nitrogens with one attached hydrogen (secondary N) is 1. The molecule has 0 saturated heterocycles. The highest BCUT2D eigenvalue weighted by atomic mass is 32.2. The molecule has 3 aromatic rings. The number of rotatable bonds is 10. The molecule has 0 aliphatic heterocycles. The van der Waals surface area contributed by atoms with E-state index in [9.17, 15) is 14.0 Å². The van der Waals surface area contributed by atoms with Crippen molar-refractivity contribution >= 4 is 30.0 Å². The number of benzene rings is 3. The molecular weight excluding hydrogens is 427 g/mol. The highest BCUT2D eigenvalue weighted by Crippen LogP contribution is 2.33. The predicted molar refractivity (Wildman–Crippen MR) is 127 cm³/mol. The number of hydrogen-bond donors (Lipinski definition) is 1. The molecule has 1 N–H and O–H groups in total. The Morgan fingerprint density at radius 1 is 1.03 bits per heavy atom. The monoisotopic (exact) mass is 452 g/mol. The Kier molecular flexibility index (Phi) is 8.69. The van der Waals surface area contributed by atoms with E-state index in [1.54, 1.807) is 49.1 Å². The minimum Gasteiger partial charge on any atom is -0.426 e. The lowest BCUT2D eigenvalue weighted by Gasteiger charge is -2.21. The summed E-state index contributed by atoms with van der Waals surface area (Å²) in [6.45, 7) is 0.874. The molecule has 3 rings (SSSR count). The first-order chi connectivity index (χ1) is 15.6. The van der Waals surface area contributed by atoms with Crippen molar-refractivity contribution in [3.8, 4) is 16.9 Å². The Labute approximate surface area is 191 Å². The van der Waals surface area contributed by atoms with Gasteiger partial charge in [-0.25, -0.2) is 9.18 Å². The summed E-state index contributed by atoms with van der Waals surface area (Å²) in [6, 6.07) is 21.1. The molecule has 3 aromatic carbocycles. The fourth-order valence-electron chi connectivity index (χ4n) is 3.12. The molecule has 0 spiro atoms. The maximum Gasteiger partial charge on any atom is 0.321 e. The molecule has 0 atom stereocenters. The van der Waals surface area contributed by atoms with Crippen molar-refractivity contribution in [1.29, 1.82) is 0 Å². The van der Waals surface area contributed by atoms with Crippen LogP contribution in [0.15, 0.2) is 77.7 Å². The number of nitrogens with zero attached hydrogens (tertiary/aromatic N) is 1. The van der Waals surface area contributed by atoms with E-state index < -0.39 is 0 Å². The second-order valence-corrected chi connectivity index (χ2v) is 8.23. The fraction of sp³-hybridized carbons (Fsp3) is 0.200. The summed E-state index contributed by atoms with van der Waals surface area (Å²) in [5.41, 5.74) is 1.98. The minimum atomic E-state index is -0.329. The van der Waals surface area contributed by atoms with E-state index in [1.165, 1.54) is 21.9 Å². The van der Waals surface area contributed by atoms with Gasteiger partial charge in [0, 0.05) is 18.5 Å². The lowest BCUT2D eigenvalue weighted by molar-refractivity contribution is -0.120. The van der Waals surface area contributed by atoms with E-state index >= 15 is 0 Å². The first-order valence-electron chi connectivity index (χ1n) is 10.3. The highest BCUT2D eigenvalue weighted by Gasteiger charge is 2.16. The van der Waals surface area contributed by atoms with Gasteiger partial charge in [0.25, 0.3) is 6.47 Å². The molecule has 5 nitrogen and oxygen atoms in total. The number of amides is 2. The van der Waals surface area contributed by atoms with Crippen LogP contribution in [0.5, 0.6) is 5.75 Å². The van der Waals surface area contributed by atoms with Crippen molar-refractivity contribution in [2.24, 2.45) is 0 Å². The molecule has 0 radical (unpaired) electrons. The summed E-state index contributed by atoms with van der Waals surface area (Å²) in [7, 11) is 1.62. The van der Waals surface area contributed by atoms with Gasteiger partial charge >= 0.3 is 6.03 Å². The van der Waals surface area contributed by atoms with Gasteiger partial charge in [-0.05, 0) is 66.1 Å². The van der Waals surface area contributed by atoms with Gasteiger partial charge in [0.2, 0.25) is 0 Å². The smallest absolute Gasteiger partial charge is 0.321 e. The zero-order valence-electron chi connectivity index (χ0n) is 17.8. The summed E-state index contributed by atoms with van der Waals surface area (Å²) in [5.74, 6) is 0.904. The first-order valence-corrected chi connectivity index (χ1v) is 11.3. The normalized spacial score (nSPS) is 10.4. The number of anilines is 1. The average Bonchev–Trinajstić information content (AvgIpc) is 2.82. The zero-order valence-corrected chi connectivity index (χ0v) is 18.6. The highest BCUT2D eigenvalue weighted by molar-refractivity contribution is 7.99. The number of unbranched alkanes of at least 4 members (excludes halogenated alkanes) is 1. The molecule has 0 heterocycles. The van der Waals surface area contributed by atoms with Gasteiger partial charge in [0.05, 0.1) is 5.69 Å². The summed E-state index contributed by atoms with van der Waals surface area (Å²) in [4.78, 5) is 26.2. The lowest BCUT2D eigenvalue weighted by atomic mass is 10.0. The van der Waals surface area contributed by atoms with Crippen LogP contribution in [0.1, 0.15) is 12.8 Å². The number of thioether (sulfide) groups is 1. The van der Waals surface area contributed by atoms with Crippen LogP contribution in [0.25, 0.3) is 11.1 Å². The van der Waals surface area contributed by atoms with Gasteiger partial charge in [0.1, 0.15) is 5.82 Å². The predicted octanol–water partition coefficient (Wildman–Crippen LogP) is 5.75. The van der Waals surface area contributed by atoms with E-state index in [4.69, 9.17) is 4.74 Å². The lowest BCUT2D eigenvalue weighted by Crippen LogP contribution is -2.38. The van der Waals surface area contributed by atoms with Gasteiger partial charge in [-0.1, -0.05) is 36.4 Å². The minimum absolute atomic E-state index is 0.249. The van der Waals surface area contributed by atoms with Crippen LogP contribution in [0.4, 0.5) is 14.9 Å². The zero-order chi connectivity index (χ0) is 22.8. The Bertz CT molecular complexity index is 1030. The quantitative estimate of drug-likeness (QED) is 0.242. The molecule has 0 unspecified atom stereocenters. The van der Waals surface area contributed by atoms with Gasteiger partial charge < -0.3 is 10.1 Å². The average molecular weight is 453 g/mol. The van der Waals surface area contributed by atoms with Gasteiger partial charge in [0.15, 0.2) is 5.75 Å². The third kappa shape index (κ3) is 6.59. The number of ether oxygens (including phenoxy) is 1. The largest absolute Gasteiger partial charge is 0.426 e. The van der Waals surface area contributed by atoms with Crippen LogP contribution in [-0.2, 0) is 4.79 Å². The Morgan fingerprint density at radius 3 is 2.47 bits per heavy atom. The van der Waals surface area contributed by atoms with Crippen LogP contribution in [0, 0.1) is 5.82 Å². The van der Waals surface area contributed by atoms with Crippen LogP contribution in [0.2, 0.25) is 0 Å². The second-order valence-electron chi connectivity index (χ2n) is 7.06. The van der Waals surface area contributed by atoms with E-state index in [-0.39, 0.29) is 17.6 Å². The maximum atomic E-state index is 13.2. The van der Waals surface area contributed by atoms with E-state index in [0.29, 0.717) is 18.7 Å². The van der Waals surface area contributed by atoms with Crippen molar-refractivity contribution < 1.29 is 18.7 Å². The van der Waals surface area contributed by atoms with Crippen molar-refractivity contribution in [3.63, 3.8) is 0 Å². The molecule has 32 heavy (non-hydrogen) atoms. The van der Waals surface area contributed by atoms with Crippen molar-refractivity contribution in [1.82, 2.24) is 5.32 Å². The molecule has 166 valence electrons. The van der Waals surface area contributed by atoms with Crippen LogP contribution < -0.4 is 15.0 Å². The summed E-state index contributed by atoms with van der Waals surface area (Å²) < 4.78 is 18.3. The molecule has 2 amide bonds. The molecular formula is C25H25FN2O3S. The summed E-state index contributed by atoms with van der Waals surface area (Å²) >= 11 is 1.80. The number of carbonyl (C=O) groups excluding carboxylic acids is 2. The summed E-state index contributed by atoms with van der Waals surface area (Å²) in [5, 5.41) is 2.89. The fourth-order valence-corrected chi connectivity index (χ4v) is 4.05. The number of hydrogen-bond acceptors (Lipinski definition) is 4. The SMILES string of the molecule is CN(C(=O)NCCCCSc1ccccc1)c1ccc(-c2ccc(F)cc2)cc1OC=O. The second kappa shape index (κ2) is 11.9. The van der Waals surface area contributed by atoms with E-state index in [0.717, 1.165) is 29.7 Å². The number of halogens is 1. The summed E-state index contributed by atoms with van der Waals surface area (Å²) in [6.07, 6.45) is 1.84. The molecule has 0 aliphatic carbocycles. The maximum absolute atomic E-state index is 13.2. The van der Waals surface area contributed by atoms with Crippen molar-refractivity contribution in [2.45, 2.75) is 17.7 Å². The molecule has 7 heteroatoms. The Balaban J connectivity index is 1.54. The van der Waals surface area contributed by atoms with Crippen molar-refractivity contribution in [2.75, 3.05) is 24.2 Å². The number of urea groups is 1. The third-order valence-electron chi connectivity index (χ3n) is 4.84. The topological polar surface area (TPSA) is 58.6 Å². The van der Waals surface area contributed by atoms with Crippen molar-refractivity contribution in [3.05, 3.63) is 78.6 Å². The van der Waals surface area contributed by atoms with Crippen LogP contribution in [0.3, 0.4) is 0 Å². The molecule has 0 bridgehead atoms. The number of carbonyl (C=O) groups is 2. The van der Waals surface area contributed by atoms with Gasteiger partial charge in [-0.2, -0.15) is 0 Å². The standard InChI is InChI=1S/C25H25FN2O3S/c1-28(25(30)27-15-5-6-16-32-22-7-3-2-4-8-22)23-14-11-20(17-24(23)31-18-29)19-9-12-21(26)13-10-19/h2-4,7-14,17-18H,5-6,15-16H2,1H3,(H,27,30). The first kappa shape index (κ1) is 23.3. The van der Waals surface area contributed by atoms with E-state index in [1.807, 2.05) is 18.2 Å². The van der Waals surface area contributed by atoms with Crippen LogP contribution >= 0.6 is 11.8 Å². The third-order valence-corrected chi connectivity index (χ3v) is 5.94. The van der Waals surface area contributed by atoms with Crippen LogP contribution in [-0.4, -0.2) is 31.8 Å². The van der Waals surface area contributed by atoms with Gasteiger partial charge in [-0.15, -0.1) is 11.8 Å². The Morgan fingerprint density at radius 2 is 1.75 bits per heavy atom. The molecule has 0 aromatic heterocycles. The molecule has 0 saturated carbocycles. The molecule has 0 aliphatic rings. The van der Waals surface area contributed by atoms with Gasteiger partial charge in [-0.3, -0.25) is 9.69 Å². The molecule has 0 fully saturated rings. The van der Waals surface area contributed by atoms with E-state index in [2.05, 4.69) is 17.4 Å².